The van der Waals surface area contributed by atoms with Crippen LogP contribution in [0.4, 0.5) is 5.69 Å². The van der Waals surface area contributed by atoms with Gasteiger partial charge < -0.3 is 4.42 Å². The standard InChI is InChI=1S/C26H18N2O/c1-16-11-12-18(27-3)14-22(16)23-15-28-24(13-17(23)2)21-9-6-8-20-19-7-4-5-10-25(19)29-26(20)21/h4-15H,1-2H3. The van der Waals surface area contributed by atoms with Crippen molar-refractivity contribution in [2.75, 3.05) is 0 Å². The Balaban J connectivity index is 1.68. The van der Waals surface area contributed by atoms with Crippen molar-refractivity contribution in [3.05, 3.63) is 95.5 Å². The van der Waals surface area contributed by atoms with Crippen LogP contribution >= 0.6 is 0 Å². The van der Waals surface area contributed by atoms with E-state index in [9.17, 15) is 0 Å². The van der Waals surface area contributed by atoms with Crippen LogP contribution in [0.25, 0.3) is 49.2 Å². The summed E-state index contributed by atoms with van der Waals surface area (Å²) >= 11 is 0. The number of aryl methyl sites for hydroxylation is 2. The highest BCUT2D eigenvalue weighted by atomic mass is 16.3. The van der Waals surface area contributed by atoms with E-state index in [0.717, 1.165) is 55.4 Å². The molecule has 0 radical (unpaired) electrons. The first-order valence-electron chi connectivity index (χ1n) is 9.51. The summed E-state index contributed by atoms with van der Waals surface area (Å²) in [5, 5.41) is 2.21. The van der Waals surface area contributed by atoms with Crippen LogP contribution in [-0.4, -0.2) is 4.98 Å². The minimum absolute atomic E-state index is 0.640. The number of rotatable bonds is 2. The van der Waals surface area contributed by atoms with Gasteiger partial charge in [-0.25, -0.2) is 4.85 Å². The van der Waals surface area contributed by atoms with Crippen molar-refractivity contribution in [1.29, 1.82) is 0 Å². The molecular weight excluding hydrogens is 356 g/mol. The molecule has 138 valence electrons. The summed E-state index contributed by atoms with van der Waals surface area (Å²) in [6.07, 6.45) is 1.90. The van der Waals surface area contributed by atoms with E-state index in [2.05, 4.69) is 43.0 Å². The first kappa shape index (κ1) is 17.2. The van der Waals surface area contributed by atoms with E-state index in [1.54, 1.807) is 0 Å². The molecule has 29 heavy (non-hydrogen) atoms. The van der Waals surface area contributed by atoms with E-state index in [1.165, 1.54) is 0 Å². The molecule has 2 heterocycles. The van der Waals surface area contributed by atoms with Crippen molar-refractivity contribution in [3.63, 3.8) is 0 Å². The number of pyridine rings is 1. The summed E-state index contributed by atoms with van der Waals surface area (Å²) in [5.74, 6) is 0. The van der Waals surface area contributed by atoms with Gasteiger partial charge in [0.2, 0.25) is 0 Å². The third-order valence-electron chi connectivity index (χ3n) is 5.43. The SMILES string of the molecule is [C-]#[N+]c1ccc(C)c(-c2cnc(-c3cccc4c3oc3ccccc34)cc2C)c1. The van der Waals surface area contributed by atoms with Gasteiger partial charge in [0.25, 0.3) is 0 Å². The van der Waals surface area contributed by atoms with Gasteiger partial charge in [0, 0.05) is 28.1 Å². The van der Waals surface area contributed by atoms with Crippen molar-refractivity contribution in [2.45, 2.75) is 13.8 Å². The molecule has 0 saturated carbocycles. The minimum atomic E-state index is 0.640. The molecule has 3 heteroatoms. The number of para-hydroxylation sites is 2. The topological polar surface area (TPSA) is 30.4 Å². The summed E-state index contributed by atoms with van der Waals surface area (Å²) in [5.41, 5.74) is 8.61. The molecule has 3 nitrogen and oxygen atoms in total. The predicted molar refractivity (Wildman–Crippen MR) is 118 cm³/mol. The Morgan fingerprint density at radius 2 is 1.62 bits per heavy atom. The van der Waals surface area contributed by atoms with Crippen LogP contribution in [0.3, 0.4) is 0 Å². The molecule has 0 aliphatic carbocycles. The average Bonchev–Trinajstić information content (AvgIpc) is 3.13. The number of hydrogen-bond acceptors (Lipinski definition) is 2. The lowest BCUT2D eigenvalue weighted by Crippen LogP contribution is -1.92. The predicted octanol–water partition coefficient (Wildman–Crippen LogP) is 7.48. The zero-order valence-corrected chi connectivity index (χ0v) is 16.2. The number of furan rings is 1. The maximum Gasteiger partial charge on any atom is 0.187 e. The Labute approximate surface area is 169 Å². The second-order valence-electron chi connectivity index (χ2n) is 7.28. The quantitative estimate of drug-likeness (QED) is 0.300. The Morgan fingerprint density at radius 3 is 2.45 bits per heavy atom. The zero-order chi connectivity index (χ0) is 20.0. The van der Waals surface area contributed by atoms with Crippen molar-refractivity contribution in [3.8, 4) is 22.4 Å². The van der Waals surface area contributed by atoms with Gasteiger partial charge in [0.05, 0.1) is 12.3 Å². The van der Waals surface area contributed by atoms with Gasteiger partial charge in [0.1, 0.15) is 11.2 Å². The van der Waals surface area contributed by atoms with Gasteiger partial charge in [-0.1, -0.05) is 42.5 Å². The molecule has 0 fully saturated rings. The van der Waals surface area contributed by atoms with Crippen LogP contribution in [-0.2, 0) is 0 Å². The van der Waals surface area contributed by atoms with Crippen molar-refractivity contribution in [2.24, 2.45) is 0 Å². The summed E-state index contributed by atoms with van der Waals surface area (Å²) in [6, 6.07) is 22.2. The first-order valence-corrected chi connectivity index (χ1v) is 9.51. The van der Waals surface area contributed by atoms with E-state index in [4.69, 9.17) is 16.0 Å². The average molecular weight is 374 g/mol. The minimum Gasteiger partial charge on any atom is -0.455 e. The third kappa shape index (κ3) is 2.78. The monoisotopic (exact) mass is 374 g/mol. The largest absolute Gasteiger partial charge is 0.455 e. The molecular formula is C26H18N2O. The second kappa shape index (κ2) is 6.61. The van der Waals surface area contributed by atoms with Crippen molar-refractivity contribution < 1.29 is 4.42 Å². The lowest BCUT2D eigenvalue weighted by Gasteiger charge is -2.11. The summed E-state index contributed by atoms with van der Waals surface area (Å²) in [6.45, 7) is 11.4. The van der Waals surface area contributed by atoms with Crippen LogP contribution in [0.5, 0.6) is 0 Å². The van der Waals surface area contributed by atoms with Crippen molar-refractivity contribution in [1.82, 2.24) is 4.98 Å². The van der Waals surface area contributed by atoms with E-state index >= 15 is 0 Å². The first-order chi connectivity index (χ1) is 14.2. The highest BCUT2D eigenvalue weighted by molar-refractivity contribution is 6.09. The van der Waals surface area contributed by atoms with Crippen LogP contribution < -0.4 is 0 Å². The molecule has 0 N–H and O–H groups in total. The normalized spacial score (nSPS) is 11.1. The van der Waals surface area contributed by atoms with Crippen LogP contribution in [0, 0.1) is 20.4 Å². The zero-order valence-electron chi connectivity index (χ0n) is 16.2. The summed E-state index contributed by atoms with van der Waals surface area (Å²) < 4.78 is 6.17. The maximum atomic E-state index is 7.30. The van der Waals surface area contributed by atoms with Gasteiger partial charge in [-0.3, -0.25) is 4.98 Å². The molecule has 5 rings (SSSR count). The lowest BCUT2D eigenvalue weighted by molar-refractivity contribution is 0.670. The highest BCUT2D eigenvalue weighted by Gasteiger charge is 2.14. The molecule has 0 unspecified atom stereocenters. The molecule has 5 aromatic rings. The molecule has 0 saturated heterocycles. The number of nitrogens with zero attached hydrogens (tertiary/aromatic N) is 2. The van der Waals surface area contributed by atoms with Gasteiger partial charge >= 0.3 is 0 Å². The molecule has 0 aliphatic heterocycles. The fraction of sp³-hybridized carbons (Fsp3) is 0.0769. The highest BCUT2D eigenvalue weighted by Crippen LogP contribution is 2.37. The lowest BCUT2D eigenvalue weighted by atomic mass is 9.96. The van der Waals surface area contributed by atoms with Crippen LogP contribution in [0.15, 0.2) is 77.3 Å². The molecule has 0 aliphatic rings. The maximum absolute atomic E-state index is 7.30. The van der Waals surface area contributed by atoms with Crippen molar-refractivity contribution >= 4 is 27.6 Å². The summed E-state index contributed by atoms with van der Waals surface area (Å²) in [4.78, 5) is 8.33. The Bertz CT molecular complexity index is 1440. The molecule has 0 amide bonds. The van der Waals surface area contributed by atoms with Crippen LogP contribution in [0.2, 0.25) is 0 Å². The molecule has 0 bridgehead atoms. The Hall–Kier alpha value is -3.90. The van der Waals surface area contributed by atoms with Gasteiger partial charge in [-0.05, 0) is 54.8 Å². The molecule has 0 atom stereocenters. The molecule has 2 aromatic heterocycles. The molecule has 3 aromatic carbocycles. The third-order valence-corrected chi connectivity index (χ3v) is 5.43. The number of aromatic nitrogens is 1. The smallest absolute Gasteiger partial charge is 0.187 e. The number of hydrogen-bond donors (Lipinski definition) is 0. The Morgan fingerprint density at radius 1 is 0.793 bits per heavy atom. The number of benzene rings is 3. The van der Waals surface area contributed by atoms with Gasteiger partial charge in [-0.15, -0.1) is 0 Å². The fourth-order valence-corrected chi connectivity index (χ4v) is 3.90. The number of fused-ring (bicyclic) bond motifs is 3. The molecule has 0 spiro atoms. The fourth-order valence-electron chi connectivity index (χ4n) is 3.90. The van der Waals surface area contributed by atoms with Gasteiger partial charge in [0.15, 0.2) is 5.69 Å². The van der Waals surface area contributed by atoms with Gasteiger partial charge in [-0.2, -0.15) is 0 Å². The van der Waals surface area contributed by atoms with E-state index in [0.29, 0.717) is 5.69 Å². The summed E-state index contributed by atoms with van der Waals surface area (Å²) in [7, 11) is 0. The van der Waals surface area contributed by atoms with E-state index in [1.807, 2.05) is 48.7 Å². The van der Waals surface area contributed by atoms with E-state index in [-0.39, 0.29) is 0 Å². The van der Waals surface area contributed by atoms with Crippen LogP contribution in [0.1, 0.15) is 11.1 Å². The Kier molecular flexibility index (Phi) is 3.93. The van der Waals surface area contributed by atoms with E-state index < -0.39 is 0 Å². The second-order valence-corrected chi connectivity index (χ2v) is 7.28.